The Balaban J connectivity index is 2.18. The summed E-state index contributed by atoms with van der Waals surface area (Å²) in [5.41, 5.74) is 0.261. The molecule has 6 nitrogen and oxygen atoms in total. The fourth-order valence-electron chi connectivity index (χ4n) is 1.43. The highest BCUT2D eigenvalue weighted by atomic mass is 32.1. The molecule has 7 heteroatoms. The van der Waals surface area contributed by atoms with E-state index in [1.54, 1.807) is 24.3 Å². The smallest absolute Gasteiger partial charge is 0.355 e. The molecule has 2 aromatic rings. The molecule has 0 aliphatic heterocycles. The lowest BCUT2D eigenvalue weighted by atomic mass is 10.2. The molecule has 0 fully saturated rings. The van der Waals surface area contributed by atoms with Gasteiger partial charge in [-0.2, -0.15) is 0 Å². The zero-order valence-electron chi connectivity index (χ0n) is 9.91. The van der Waals surface area contributed by atoms with Gasteiger partial charge < -0.3 is 9.84 Å². The molecule has 1 aromatic heterocycles. The van der Waals surface area contributed by atoms with E-state index in [-0.39, 0.29) is 10.8 Å². The number of amides is 1. The van der Waals surface area contributed by atoms with Crippen molar-refractivity contribution in [2.45, 2.75) is 0 Å². The summed E-state index contributed by atoms with van der Waals surface area (Å²) in [5.74, 6) is -1.09. The number of hydrogen-bond acceptors (Lipinski definition) is 5. The quantitative estimate of drug-likeness (QED) is 0.894. The van der Waals surface area contributed by atoms with E-state index in [0.717, 1.165) is 11.3 Å². The molecule has 0 spiro atoms. The minimum atomic E-state index is -1.13. The van der Waals surface area contributed by atoms with Crippen molar-refractivity contribution in [3.05, 3.63) is 40.9 Å². The van der Waals surface area contributed by atoms with Crippen molar-refractivity contribution in [3.8, 4) is 5.75 Å². The van der Waals surface area contributed by atoms with E-state index in [1.807, 2.05) is 0 Å². The number of benzene rings is 1. The first kappa shape index (κ1) is 13.0. The number of aromatic carboxylic acids is 1. The van der Waals surface area contributed by atoms with Crippen molar-refractivity contribution in [2.24, 2.45) is 0 Å². The number of rotatable bonds is 4. The molecule has 0 radical (unpaired) electrons. The van der Waals surface area contributed by atoms with Crippen LogP contribution in [0, 0.1) is 0 Å². The third-order valence-corrected chi connectivity index (χ3v) is 3.05. The van der Waals surface area contributed by atoms with Gasteiger partial charge in [-0.1, -0.05) is 12.1 Å². The molecular formula is C12H10N2O4S. The van der Waals surface area contributed by atoms with E-state index in [9.17, 15) is 9.59 Å². The van der Waals surface area contributed by atoms with Crippen molar-refractivity contribution in [2.75, 3.05) is 12.4 Å². The molecule has 2 N–H and O–H groups in total. The lowest BCUT2D eigenvalue weighted by molar-refractivity contribution is 0.0691. The molecule has 1 heterocycles. The number of nitrogens with zero attached hydrogens (tertiary/aromatic N) is 1. The van der Waals surface area contributed by atoms with Crippen LogP contribution >= 0.6 is 11.3 Å². The Kier molecular flexibility index (Phi) is 3.76. The van der Waals surface area contributed by atoms with E-state index in [4.69, 9.17) is 9.84 Å². The van der Waals surface area contributed by atoms with Crippen LogP contribution in [-0.2, 0) is 0 Å². The molecule has 98 valence electrons. The summed E-state index contributed by atoms with van der Waals surface area (Å²) < 4.78 is 5.08. The highest BCUT2D eigenvalue weighted by Crippen LogP contribution is 2.21. The Morgan fingerprint density at radius 2 is 2.11 bits per heavy atom. The maximum absolute atomic E-state index is 12.0. The largest absolute Gasteiger partial charge is 0.496 e. The van der Waals surface area contributed by atoms with Crippen molar-refractivity contribution in [1.82, 2.24) is 4.98 Å². The lowest BCUT2D eigenvalue weighted by Gasteiger charge is -2.06. The van der Waals surface area contributed by atoms with Crippen LogP contribution in [0.3, 0.4) is 0 Å². The van der Waals surface area contributed by atoms with Crippen LogP contribution in [0.5, 0.6) is 5.75 Å². The Morgan fingerprint density at radius 1 is 1.37 bits per heavy atom. The molecular weight excluding hydrogens is 268 g/mol. The van der Waals surface area contributed by atoms with E-state index in [1.165, 1.54) is 12.5 Å². The molecule has 2 rings (SSSR count). The van der Waals surface area contributed by atoms with Crippen LogP contribution in [0.25, 0.3) is 0 Å². The molecule has 0 saturated heterocycles. The van der Waals surface area contributed by atoms with Crippen molar-refractivity contribution < 1.29 is 19.4 Å². The second-order valence-electron chi connectivity index (χ2n) is 3.50. The Morgan fingerprint density at radius 3 is 2.74 bits per heavy atom. The topological polar surface area (TPSA) is 88.5 Å². The maximum atomic E-state index is 12.0. The first-order valence-corrected chi connectivity index (χ1v) is 6.13. The van der Waals surface area contributed by atoms with Gasteiger partial charge in [0.25, 0.3) is 5.91 Å². The van der Waals surface area contributed by atoms with Crippen molar-refractivity contribution >= 4 is 28.3 Å². The van der Waals surface area contributed by atoms with Gasteiger partial charge in [-0.3, -0.25) is 10.1 Å². The summed E-state index contributed by atoms with van der Waals surface area (Å²) in [5, 5.41) is 12.9. The first-order chi connectivity index (χ1) is 9.11. The number of methoxy groups -OCH3 is 1. The molecule has 0 unspecified atom stereocenters. The fraction of sp³-hybridized carbons (Fsp3) is 0.0833. The summed E-state index contributed by atoms with van der Waals surface area (Å²) in [4.78, 5) is 26.5. The highest BCUT2D eigenvalue weighted by Gasteiger charge is 2.14. The highest BCUT2D eigenvalue weighted by molar-refractivity contribution is 7.14. The summed E-state index contributed by atoms with van der Waals surface area (Å²) in [6, 6.07) is 6.74. The summed E-state index contributed by atoms with van der Waals surface area (Å²) in [6.07, 6.45) is 0. The summed E-state index contributed by atoms with van der Waals surface area (Å²) >= 11 is 1.05. The number of carbonyl (C=O) groups is 2. The average molecular weight is 278 g/mol. The maximum Gasteiger partial charge on any atom is 0.355 e. The van der Waals surface area contributed by atoms with Gasteiger partial charge in [-0.05, 0) is 12.1 Å². The third kappa shape index (κ3) is 2.89. The summed E-state index contributed by atoms with van der Waals surface area (Å²) in [6.45, 7) is 0. The van der Waals surface area contributed by atoms with Gasteiger partial charge in [0.15, 0.2) is 10.8 Å². The average Bonchev–Trinajstić information content (AvgIpc) is 2.87. The van der Waals surface area contributed by atoms with E-state index >= 15 is 0 Å². The van der Waals surface area contributed by atoms with Gasteiger partial charge in [-0.15, -0.1) is 11.3 Å². The second-order valence-corrected chi connectivity index (χ2v) is 4.36. The van der Waals surface area contributed by atoms with Gasteiger partial charge in [0.1, 0.15) is 5.75 Å². The zero-order chi connectivity index (χ0) is 13.8. The van der Waals surface area contributed by atoms with Crippen LogP contribution in [0.2, 0.25) is 0 Å². The van der Waals surface area contributed by atoms with Gasteiger partial charge in [0.2, 0.25) is 0 Å². The lowest BCUT2D eigenvalue weighted by Crippen LogP contribution is -2.13. The fourth-order valence-corrected chi connectivity index (χ4v) is 2.11. The molecule has 0 aliphatic rings. The zero-order valence-corrected chi connectivity index (χ0v) is 10.7. The number of nitrogens with one attached hydrogen (secondary N) is 1. The van der Waals surface area contributed by atoms with Gasteiger partial charge in [-0.25, -0.2) is 9.78 Å². The number of carboxylic acid groups (broad SMARTS) is 1. The SMILES string of the molecule is COc1ccccc1C(=O)Nc1nc(C(=O)O)cs1. The van der Waals surface area contributed by atoms with E-state index in [2.05, 4.69) is 10.3 Å². The first-order valence-electron chi connectivity index (χ1n) is 5.25. The molecule has 0 bridgehead atoms. The van der Waals surface area contributed by atoms with Crippen LogP contribution in [0.1, 0.15) is 20.8 Å². The molecule has 19 heavy (non-hydrogen) atoms. The van der Waals surface area contributed by atoms with Crippen LogP contribution in [0.15, 0.2) is 29.6 Å². The normalized spacial score (nSPS) is 9.95. The Bertz CT molecular complexity index is 624. The molecule has 0 saturated carbocycles. The van der Waals surface area contributed by atoms with Crippen molar-refractivity contribution in [3.63, 3.8) is 0 Å². The number of carboxylic acids is 1. The number of anilines is 1. The van der Waals surface area contributed by atoms with Crippen molar-refractivity contribution in [1.29, 1.82) is 0 Å². The van der Waals surface area contributed by atoms with Crippen LogP contribution < -0.4 is 10.1 Å². The number of carbonyl (C=O) groups excluding carboxylic acids is 1. The molecule has 1 amide bonds. The molecule has 0 atom stereocenters. The predicted molar refractivity (Wildman–Crippen MR) is 70.0 cm³/mol. The number of thiazole rings is 1. The number of hydrogen-bond donors (Lipinski definition) is 2. The van der Waals surface area contributed by atoms with Gasteiger partial charge >= 0.3 is 5.97 Å². The van der Waals surface area contributed by atoms with Crippen LogP contribution in [0.4, 0.5) is 5.13 Å². The Labute approximate surface area is 112 Å². The Hall–Kier alpha value is -2.41. The predicted octanol–water partition coefficient (Wildman–Crippen LogP) is 2.10. The van der Waals surface area contributed by atoms with Gasteiger partial charge in [0.05, 0.1) is 12.7 Å². The monoisotopic (exact) mass is 278 g/mol. The molecule has 1 aromatic carbocycles. The van der Waals surface area contributed by atoms with Crippen LogP contribution in [-0.4, -0.2) is 29.1 Å². The molecule has 0 aliphatic carbocycles. The number of ether oxygens (including phenoxy) is 1. The van der Waals surface area contributed by atoms with E-state index in [0.29, 0.717) is 11.3 Å². The minimum Gasteiger partial charge on any atom is -0.496 e. The number of para-hydroxylation sites is 1. The third-order valence-electron chi connectivity index (χ3n) is 2.30. The number of aromatic nitrogens is 1. The standard InChI is InChI=1S/C12H10N2O4S/c1-18-9-5-3-2-4-7(9)10(15)14-12-13-8(6-19-12)11(16)17/h2-6H,1H3,(H,16,17)(H,13,14,15). The summed E-state index contributed by atoms with van der Waals surface area (Å²) in [7, 11) is 1.47. The van der Waals surface area contributed by atoms with Gasteiger partial charge in [0, 0.05) is 5.38 Å². The van der Waals surface area contributed by atoms with E-state index < -0.39 is 11.9 Å². The second kappa shape index (κ2) is 5.49. The minimum absolute atomic E-state index is 0.0969.